The lowest BCUT2D eigenvalue weighted by molar-refractivity contribution is -0.336. The van der Waals surface area contributed by atoms with Crippen molar-refractivity contribution >= 4 is 0 Å². The Morgan fingerprint density at radius 2 is 1.20 bits per heavy atom. The lowest BCUT2D eigenvalue weighted by Crippen LogP contribution is -2.67. The first-order valence-electron chi connectivity index (χ1n) is 19.7. The number of aliphatic hydroxyl groups is 7. The molecule has 4 saturated carbocycles. The summed E-state index contributed by atoms with van der Waals surface area (Å²) in [7, 11) is 0. The van der Waals surface area contributed by atoms with Gasteiger partial charge in [0, 0.05) is 31.3 Å². The lowest BCUT2D eigenvalue weighted by Gasteiger charge is -2.65. The molecule has 4 aliphatic carbocycles. The number of rotatable bonds is 7. The number of fused-ring (bicyclic) bond motifs is 5. The van der Waals surface area contributed by atoms with Gasteiger partial charge in [-0.1, -0.05) is 13.8 Å². The third-order valence-corrected chi connectivity index (χ3v) is 15.2. The molecule has 7 rings (SSSR count). The van der Waals surface area contributed by atoms with E-state index in [1.54, 1.807) is 13.8 Å². The first-order valence-corrected chi connectivity index (χ1v) is 19.7. The second-order valence-electron chi connectivity index (χ2n) is 17.8. The van der Waals surface area contributed by atoms with Crippen LogP contribution in [-0.2, 0) is 28.4 Å². The van der Waals surface area contributed by atoms with Crippen molar-refractivity contribution in [3.05, 3.63) is 0 Å². The third-order valence-electron chi connectivity index (χ3n) is 15.2. The molecule has 0 aromatic carbocycles. The summed E-state index contributed by atoms with van der Waals surface area (Å²) in [5.74, 6) is 0.641. The van der Waals surface area contributed by atoms with Gasteiger partial charge in [-0.05, 0) is 101 Å². The van der Waals surface area contributed by atoms with Crippen LogP contribution < -0.4 is 0 Å². The average Bonchev–Trinajstić information content (AvgIpc) is 3.35. The smallest absolute Gasteiger partial charge is 0.161 e. The molecule has 3 saturated heterocycles. The summed E-state index contributed by atoms with van der Waals surface area (Å²) in [4.78, 5) is 0. The molecule has 0 aromatic rings. The maximum atomic E-state index is 12.2. The van der Waals surface area contributed by atoms with E-state index in [4.69, 9.17) is 28.4 Å². The SMILES string of the molecule is C[C@H]1OC(O[C@H]2[C@@H](O)CC(O[C@H]3[C@@H](O)CC(O[C@H]4CC[C@@]5(C)[C@H](CC[C@@H]6[C@@H]5C[C@@H](O)[C@]5(C)[C@@H](CO)CC[C@]65O)C4)O[C@@H]3C)O[C@@H]2C)C[C@H](O)[C@@H]1O. The predicted octanol–water partition coefficient (Wildman–Crippen LogP) is 1.73. The van der Waals surface area contributed by atoms with Gasteiger partial charge >= 0.3 is 0 Å². The van der Waals surface area contributed by atoms with E-state index in [1.165, 1.54) is 0 Å². The van der Waals surface area contributed by atoms with Gasteiger partial charge in [0.05, 0.1) is 54.4 Å². The van der Waals surface area contributed by atoms with Crippen LogP contribution in [0.25, 0.3) is 0 Å². The Bertz CT molecular complexity index is 1170. The Kier molecular flexibility index (Phi) is 11.0. The summed E-state index contributed by atoms with van der Waals surface area (Å²) in [6, 6.07) is 0. The molecule has 21 atom stereocenters. The molecule has 51 heavy (non-hydrogen) atoms. The summed E-state index contributed by atoms with van der Waals surface area (Å²) in [6.07, 6.45) is -2.72. The summed E-state index contributed by atoms with van der Waals surface area (Å²) in [5.41, 5.74) is -1.66. The molecule has 0 bridgehead atoms. The van der Waals surface area contributed by atoms with E-state index >= 15 is 0 Å². The lowest BCUT2D eigenvalue weighted by atomic mass is 9.42. The molecular weight excluding hydrogens is 664 g/mol. The van der Waals surface area contributed by atoms with E-state index in [-0.39, 0.29) is 55.1 Å². The van der Waals surface area contributed by atoms with Crippen LogP contribution in [0, 0.1) is 34.5 Å². The van der Waals surface area contributed by atoms with Crippen LogP contribution in [-0.4, -0.2) is 134 Å². The predicted molar refractivity (Wildman–Crippen MR) is 181 cm³/mol. The van der Waals surface area contributed by atoms with Crippen molar-refractivity contribution in [1.29, 1.82) is 0 Å². The maximum Gasteiger partial charge on any atom is 0.161 e. The minimum atomic E-state index is -0.999. The van der Waals surface area contributed by atoms with Gasteiger partial charge in [-0.15, -0.1) is 0 Å². The monoisotopic (exact) mass is 728 g/mol. The van der Waals surface area contributed by atoms with Crippen LogP contribution in [0.3, 0.4) is 0 Å². The average molecular weight is 729 g/mol. The number of hydrogen-bond acceptors (Lipinski definition) is 13. The zero-order valence-corrected chi connectivity index (χ0v) is 31.0. The number of ether oxygens (including phenoxy) is 6. The van der Waals surface area contributed by atoms with Gasteiger partial charge in [0.2, 0.25) is 0 Å². The van der Waals surface area contributed by atoms with Gasteiger partial charge in [-0.3, -0.25) is 0 Å². The first-order chi connectivity index (χ1) is 24.1. The van der Waals surface area contributed by atoms with Crippen LogP contribution in [0.15, 0.2) is 0 Å². The van der Waals surface area contributed by atoms with E-state index in [2.05, 4.69) is 6.92 Å². The number of aliphatic hydroxyl groups excluding tert-OH is 6. The van der Waals surface area contributed by atoms with Crippen LogP contribution in [0.4, 0.5) is 0 Å². The van der Waals surface area contributed by atoms with E-state index in [0.29, 0.717) is 18.8 Å². The molecule has 294 valence electrons. The van der Waals surface area contributed by atoms with Crippen molar-refractivity contribution in [3.63, 3.8) is 0 Å². The minimum Gasteiger partial charge on any atom is -0.396 e. The molecule has 0 spiro atoms. The van der Waals surface area contributed by atoms with E-state index in [9.17, 15) is 35.7 Å². The summed E-state index contributed by atoms with van der Waals surface area (Å²) in [6.45, 7) is 9.62. The second kappa shape index (κ2) is 14.5. The molecule has 0 radical (unpaired) electrons. The molecule has 3 unspecified atom stereocenters. The van der Waals surface area contributed by atoms with Crippen molar-refractivity contribution < 1.29 is 64.2 Å². The molecule has 7 N–H and O–H groups in total. The van der Waals surface area contributed by atoms with Crippen LogP contribution in [0.1, 0.15) is 105 Å². The van der Waals surface area contributed by atoms with Crippen molar-refractivity contribution in [2.75, 3.05) is 6.61 Å². The highest BCUT2D eigenvalue weighted by Crippen LogP contribution is 2.69. The summed E-state index contributed by atoms with van der Waals surface area (Å²) >= 11 is 0. The fourth-order valence-electron chi connectivity index (χ4n) is 12.0. The van der Waals surface area contributed by atoms with Crippen LogP contribution in [0.5, 0.6) is 0 Å². The van der Waals surface area contributed by atoms with Gasteiger partial charge in [0.25, 0.3) is 0 Å². The quantitative estimate of drug-likeness (QED) is 0.188. The molecule has 13 nitrogen and oxygen atoms in total. The number of hydrogen-bond donors (Lipinski definition) is 7. The minimum absolute atomic E-state index is 0.00125. The zero-order valence-electron chi connectivity index (χ0n) is 31.0. The van der Waals surface area contributed by atoms with Gasteiger partial charge in [0.15, 0.2) is 18.9 Å². The zero-order chi connectivity index (χ0) is 36.6. The maximum absolute atomic E-state index is 12.2. The molecule has 0 aromatic heterocycles. The Hall–Kier alpha value is -0.520. The van der Waals surface area contributed by atoms with Gasteiger partial charge < -0.3 is 64.2 Å². The van der Waals surface area contributed by atoms with Crippen molar-refractivity contribution in [2.24, 2.45) is 34.5 Å². The highest BCUT2D eigenvalue weighted by Gasteiger charge is 2.70. The topological polar surface area (TPSA) is 197 Å². The van der Waals surface area contributed by atoms with Crippen molar-refractivity contribution in [2.45, 2.75) is 197 Å². The Morgan fingerprint density at radius 3 is 1.76 bits per heavy atom. The molecule has 0 amide bonds. The van der Waals surface area contributed by atoms with E-state index in [1.807, 2.05) is 13.8 Å². The van der Waals surface area contributed by atoms with Gasteiger partial charge in [-0.25, -0.2) is 0 Å². The Balaban J connectivity index is 0.904. The fraction of sp³-hybridized carbons (Fsp3) is 1.00. The van der Waals surface area contributed by atoms with Gasteiger partial charge in [0.1, 0.15) is 18.3 Å². The van der Waals surface area contributed by atoms with Gasteiger partial charge in [-0.2, -0.15) is 0 Å². The third kappa shape index (κ3) is 6.65. The highest BCUT2D eigenvalue weighted by molar-refractivity contribution is 5.19. The molecule has 3 aliphatic heterocycles. The molecule has 7 fully saturated rings. The fourth-order valence-corrected chi connectivity index (χ4v) is 12.0. The standard InChI is InChI=1S/C38H64O13/c1-18-33(44)26(40)14-31(46-18)50-35-20(3)48-32(16-28(35)42)51-34-19(2)47-30(15-27(34)41)49-23-9-10-36(4)21(12-23)6-7-24-25(36)13-29(43)37(5)22(17-39)8-11-38(24,37)45/h18-35,39-45H,6-17H2,1-5H3/t18-,19-,20-,21-,22-,23+,24-,25+,26+,27+,28+,29-,30?,31?,32?,33-,34-,35-,36+,37+,38+/m1/s1. The van der Waals surface area contributed by atoms with Crippen molar-refractivity contribution in [3.8, 4) is 0 Å². The summed E-state index contributed by atoms with van der Waals surface area (Å²) in [5, 5.41) is 76.1. The Morgan fingerprint density at radius 1 is 0.627 bits per heavy atom. The highest BCUT2D eigenvalue weighted by atomic mass is 16.7. The molecule has 3 heterocycles. The van der Waals surface area contributed by atoms with Crippen LogP contribution >= 0.6 is 0 Å². The molecule has 7 aliphatic rings. The first kappa shape index (κ1) is 38.7. The molecular formula is C38H64O13. The van der Waals surface area contributed by atoms with Crippen molar-refractivity contribution in [1.82, 2.24) is 0 Å². The van der Waals surface area contributed by atoms with E-state index < -0.39 is 90.9 Å². The Labute approximate surface area is 301 Å². The largest absolute Gasteiger partial charge is 0.396 e. The van der Waals surface area contributed by atoms with Crippen LogP contribution in [0.2, 0.25) is 0 Å². The normalized spacial score (nSPS) is 57.6. The molecule has 13 heteroatoms. The second-order valence-corrected chi connectivity index (χ2v) is 17.8. The van der Waals surface area contributed by atoms with E-state index in [0.717, 1.165) is 38.5 Å². The summed E-state index contributed by atoms with van der Waals surface area (Å²) < 4.78 is 36.7.